The van der Waals surface area contributed by atoms with Gasteiger partial charge in [-0.25, -0.2) is 13.6 Å². The zero-order valence-electron chi connectivity index (χ0n) is 83.4. The number of likely N-dealkylation sites (N-methyl/N-ethyl adjacent to an activating group) is 2. The molecule has 0 spiro atoms. The zero-order chi connectivity index (χ0) is 99.1. The number of rotatable bonds is 68. The Labute approximate surface area is 813 Å². The Morgan fingerprint density at radius 3 is 1.84 bits per heavy atom. The number of alkyl carbamates (subject to hydrolysis) is 1. The van der Waals surface area contributed by atoms with Crippen molar-refractivity contribution in [3.63, 3.8) is 0 Å². The normalized spacial score (nSPS) is 27.0. The van der Waals surface area contributed by atoms with Gasteiger partial charge in [0.25, 0.3) is 0 Å². The van der Waals surface area contributed by atoms with Gasteiger partial charge in [0.1, 0.15) is 24.9 Å². The Bertz CT molecular complexity index is 3980. The number of ketones is 3. The molecule has 0 radical (unpaired) electrons. The van der Waals surface area contributed by atoms with Crippen molar-refractivity contribution in [3.05, 3.63) is 46.6 Å². The molecule has 4 unspecified atom stereocenters. The van der Waals surface area contributed by atoms with Crippen LogP contribution < -0.4 is 59.1 Å². The van der Waals surface area contributed by atoms with Crippen LogP contribution in [0.25, 0.3) is 0 Å². The molecule has 4 saturated carbocycles. The Morgan fingerprint density at radius 2 is 1.22 bits per heavy atom. The van der Waals surface area contributed by atoms with E-state index >= 15 is 13.6 Å². The number of allylic oxidation sites excluding steroid dienone is 7. The standard InChI is InChI=1S/C97H162F2N14O25/c1-11-17-88-137-84-61-72-73-60-75(98)74-59-68(114)25-28-94(74,5)96(73,99)82(116)62-95(72,6)97(84,138-88)83(117)63-104-91(121)67(4)58-80(115)89(66(2)3)106-92(122)77(18-15-16-29-101-87(120)65-135-81-20-14-12-13-19-79-90(81)108-110-112(79)34-41-129-47-53-134-57-55-130-48-42-124-36-26-85(118)102-30-35-113(8,9)10)105-86(119)27-37-125-43-49-131-54-56-133-51-45-127-39-32-103-93(123)136-64-71-69-21-23-76-78(24-22-70(69)71)111(109-107-76)33-40-128-46-52-132-50-44-126-38-31-100-7/h25,28,59,66-67,69-73,75,77,81-82,84,88-89,100,107-110,116H,11-24,26-27,29-58,60-65H2,1-10H3,(H5-,101,102,103,104,105,106,118,119,120,121,122,123)/p+1/t67-,69?,70?,71+,72+,73+,75+,77-,81?,82+,84-,88?,89+,94+,95+,96+,97-/m1/s1. The largest absolute Gasteiger partial charge is 0.449 e. The van der Waals surface area contributed by atoms with Gasteiger partial charge in [-0.1, -0.05) is 60.0 Å². The lowest BCUT2D eigenvalue weighted by Gasteiger charge is -2.63. The molecule has 10 aliphatic rings. The maximum Gasteiger partial charge on any atom is 0.407 e. The number of aliphatic hydroxyl groups excluding tert-OH is 1. The number of Topliss-reactive ketones (excluding diaryl/α,β-unsaturated/α-hetero) is 2. The molecule has 5 fully saturated rings. The number of carbonyl (C=O) groups is 9. The first-order chi connectivity index (χ1) is 66.5. The fourth-order valence-corrected chi connectivity index (χ4v) is 20.8. The lowest BCUT2D eigenvalue weighted by Crippen LogP contribution is -2.71. The summed E-state index contributed by atoms with van der Waals surface area (Å²) in [7, 11) is 8.11. The molecule has 0 aromatic rings. The molecule has 784 valence electrons. The SMILES string of the molecule is CCCC1O[C@@H]2C[C@H]3[C@@H]4C[C@H](F)C5=CC(=O)C=C[C@]5(C)[C@@]4(F)[C@@H](O)C[C@]3(C)[C@]2(C(=O)CNC(=O)[C@H](C)CC(=O)[C@@H](NC(=O)[C@@H](CCCCNC(=O)COC2CCCCCC3=C2NNN3CCOCCOCCOCCOCCC(=O)NCC[N+](C)(C)C)NC(=O)CCOCCOCCOCCOCCNC(=O)OC[C@H]2C3CCC4=C(CCC32)N(CCOCCOCCOCCNC)NN4)C(C)C)O1. The minimum atomic E-state index is -2.42. The van der Waals surface area contributed by atoms with Crippen LogP contribution in [-0.4, -0.2) is 366 Å². The fraction of sp³-hybridized carbons (Fsp3) is 0.825. The summed E-state index contributed by atoms with van der Waals surface area (Å²) in [5.41, 5.74) is 10.4. The smallest absolute Gasteiger partial charge is 0.407 e. The highest BCUT2D eigenvalue weighted by atomic mass is 19.1. The Kier molecular flexibility index (Phi) is 46.9. The second-order valence-electron chi connectivity index (χ2n) is 39.5. The number of alkyl halides is 2. The van der Waals surface area contributed by atoms with Crippen molar-refractivity contribution in [1.82, 2.24) is 69.2 Å². The van der Waals surface area contributed by atoms with E-state index in [0.717, 1.165) is 86.4 Å². The molecule has 7 aliphatic carbocycles. The van der Waals surface area contributed by atoms with Crippen LogP contribution in [0.2, 0.25) is 0 Å². The van der Waals surface area contributed by atoms with Gasteiger partial charge in [0.15, 0.2) is 34.9 Å². The Hall–Kier alpha value is -7.11. The summed E-state index contributed by atoms with van der Waals surface area (Å²) in [5, 5.41) is 36.4. The van der Waals surface area contributed by atoms with E-state index in [1.165, 1.54) is 37.4 Å². The van der Waals surface area contributed by atoms with E-state index in [0.29, 0.717) is 188 Å². The summed E-state index contributed by atoms with van der Waals surface area (Å²) in [4.78, 5) is 123. The van der Waals surface area contributed by atoms with Crippen LogP contribution in [0.1, 0.15) is 170 Å². The predicted octanol–water partition coefficient (Wildman–Crippen LogP) is 3.98. The van der Waals surface area contributed by atoms with E-state index in [1.54, 1.807) is 20.8 Å². The maximum absolute atomic E-state index is 18.2. The van der Waals surface area contributed by atoms with Gasteiger partial charge in [-0.2, -0.15) is 0 Å². The fourth-order valence-electron chi connectivity index (χ4n) is 20.8. The number of ether oxygens (including phenoxy) is 15. The second kappa shape index (κ2) is 57.4. The molecular weight excluding hydrogens is 1800 g/mol. The molecular formula is C97H163F2N14O25+. The average molecular weight is 1960 g/mol. The monoisotopic (exact) mass is 1960 g/mol. The number of hydrogen-bond donors (Lipinski definition) is 12. The van der Waals surface area contributed by atoms with Crippen LogP contribution >= 0.6 is 0 Å². The first-order valence-corrected chi connectivity index (χ1v) is 50.6. The lowest BCUT2D eigenvalue weighted by atomic mass is 9.44. The van der Waals surface area contributed by atoms with Gasteiger partial charge in [-0.05, 0) is 151 Å². The molecule has 0 aromatic heterocycles. The first-order valence-electron chi connectivity index (χ1n) is 50.6. The maximum atomic E-state index is 18.2. The van der Waals surface area contributed by atoms with Gasteiger partial charge >= 0.3 is 6.09 Å². The average Bonchev–Trinajstić information content (AvgIpc) is 1.47. The van der Waals surface area contributed by atoms with Crippen LogP contribution in [-0.2, 0) is 109 Å². The minimum Gasteiger partial charge on any atom is -0.449 e. The van der Waals surface area contributed by atoms with Gasteiger partial charge < -0.3 is 129 Å². The molecule has 17 atom stereocenters. The molecule has 10 rings (SSSR count). The molecule has 41 heteroatoms. The number of hydrazine groups is 4. The van der Waals surface area contributed by atoms with Crippen LogP contribution in [0.3, 0.4) is 0 Å². The summed E-state index contributed by atoms with van der Waals surface area (Å²) >= 11 is 0. The number of carbonyl (C=O) groups excluding carboxylic acids is 9. The van der Waals surface area contributed by atoms with Gasteiger partial charge in [-0.15, -0.1) is 11.1 Å². The van der Waals surface area contributed by atoms with Crippen LogP contribution in [0.5, 0.6) is 0 Å². The van der Waals surface area contributed by atoms with Crippen molar-refractivity contribution in [2.45, 2.75) is 224 Å². The minimum absolute atomic E-state index is 0.0120. The van der Waals surface area contributed by atoms with E-state index in [-0.39, 0.29) is 121 Å². The zero-order valence-corrected chi connectivity index (χ0v) is 83.4. The Balaban J connectivity index is 0.623. The van der Waals surface area contributed by atoms with Crippen molar-refractivity contribution < 1.29 is 133 Å². The van der Waals surface area contributed by atoms with Crippen molar-refractivity contribution in [3.8, 4) is 0 Å². The van der Waals surface area contributed by atoms with E-state index in [4.69, 9.17) is 71.1 Å². The molecule has 6 amide bonds. The van der Waals surface area contributed by atoms with Gasteiger partial charge in [0.2, 0.25) is 29.5 Å². The van der Waals surface area contributed by atoms with E-state index in [9.17, 15) is 43.5 Å². The molecule has 0 bridgehead atoms. The second-order valence-corrected chi connectivity index (χ2v) is 39.5. The number of nitrogens with zero attached hydrogens (tertiary/aromatic N) is 3. The van der Waals surface area contributed by atoms with Crippen molar-refractivity contribution in [2.75, 3.05) is 239 Å². The van der Waals surface area contributed by atoms with Crippen LogP contribution in [0, 0.1) is 52.3 Å². The number of hydrogen-bond acceptors (Lipinski definition) is 32. The van der Waals surface area contributed by atoms with Gasteiger partial charge in [0, 0.05) is 67.3 Å². The highest BCUT2D eigenvalue weighted by Crippen LogP contribution is 2.72. The number of nitrogens with one attached hydrogen (secondary N) is 11. The van der Waals surface area contributed by atoms with Crippen molar-refractivity contribution in [1.29, 1.82) is 0 Å². The molecule has 3 aliphatic heterocycles. The quantitative estimate of drug-likeness (QED) is 0.0303. The number of quaternary nitrogens is 1. The summed E-state index contributed by atoms with van der Waals surface area (Å²) in [6.45, 7) is 22.0. The topological polar surface area (TPSA) is 451 Å². The molecule has 39 nitrogen and oxygen atoms in total. The van der Waals surface area contributed by atoms with Crippen LogP contribution in [0.15, 0.2) is 46.6 Å². The number of amides is 6. The lowest BCUT2D eigenvalue weighted by molar-refractivity contribution is -0.869. The summed E-state index contributed by atoms with van der Waals surface area (Å²) in [6, 6.07) is -2.28. The number of aliphatic hydroxyl groups is 1. The van der Waals surface area contributed by atoms with E-state index < -0.39 is 130 Å². The van der Waals surface area contributed by atoms with Crippen LogP contribution in [0.4, 0.5) is 13.6 Å². The molecule has 0 aromatic carbocycles. The number of unbranched alkanes of at least 4 members (excludes halogenated alkanes) is 1. The third-order valence-electron chi connectivity index (χ3n) is 28.4. The van der Waals surface area contributed by atoms with Crippen molar-refractivity contribution >= 4 is 53.0 Å². The van der Waals surface area contributed by atoms with E-state index in [2.05, 4.69) is 85.3 Å². The Morgan fingerprint density at radius 1 is 0.630 bits per heavy atom. The molecule has 138 heavy (non-hydrogen) atoms. The van der Waals surface area contributed by atoms with E-state index in [1.807, 2.05) is 19.0 Å². The highest BCUT2D eigenvalue weighted by Gasteiger charge is 2.80. The number of fused-ring (bicyclic) bond motifs is 8. The molecule has 3 heterocycles. The third kappa shape index (κ3) is 32.7. The highest BCUT2D eigenvalue weighted by molar-refractivity contribution is 6.01. The summed E-state index contributed by atoms with van der Waals surface area (Å²) in [5.74, 6) is -5.75. The molecule has 1 saturated heterocycles. The summed E-state index contributed by atoms with van der Waals surface area (Å²) in [6.07, 6.45) is 7.07. The predicted molar refractivity (Wildman–Crippen MR) is 503 cm³/mol. The molecule has 12 N–H and O–H groups in total. The first kappa shape index (κ1) is 113. The van der Waals surface area contributed by atoms with Gasteiger partial charge in [0.05, 0.1) is 241 Å². The van der Waals surface area contributed by atoms with Gasteiger partial charge in [-0.3, -0.25) is 48.4 Å². The summed E-state index contributed by atoms with van der Waals surface area (Å²) < 4.78 is 123. The third-order valence-corrected chi connectivity index (χ3v) is 28.4. The van der Waals surface area contributed by atoms with Crippen molar-refractivity contribution in [2.24, 2.45) is 52.3 Å². The number of halogens is 2.